The van der Waals surface area contributed by atoms with Crippen molar-refractivity contribution in [3.8, 4) is 0 Å². The first kappa shape index (κ1) is 10.5. The fraction of sp³-hybridized carbons (Fsp3) is 1.00. The minimum atomic E-state index is 0.535. The maximum Gasteiger partial charge on any atom is 0.0186 e. The van der Waals surface area contributed by atoms with Crippen LogP contribution in [0.2, 0.25) is 0 Å². The van der Waals surface area contributed by atoms with Crippen LogP contribution in [0.25, 0.3) is 0 Å². The summed E-state index contributed by atoms with van der Waals surface area (Å²) in [6.45, 7) is 10.1. The van der Waals surface area contributed by atoms with Crippen LogP contribution in [0, 0.1) is 11.8 Å². The molecule has 0 radical (unpaired) electrons. The molecule has 0 amide bonds. The SMILES string of the molecule is CC1C[C@@H](C)CC(C)(N2CCCC2)C1. The molecule has 2 aliphatic rings. The summed E-state index contributed by atoms with van der Waals surface area (Å²) in [6, 6.07) is 0. The Morgan fingerprint density at radius 2 is 1.50 bits per heavy atom. The minimum Gasteiger partial charge on any atom is -0.298 e. The zero-order chi connectivity index (χ0) is 10.2. The highest BCUT2D eigenvalue weighted by atomic mass is 15.2. The molecule has 0 aromatic rings. The van der Waals surface area contributed by atoms with Crippen molar-refractivity contribution < 1.29 is 0 Å². The summed E-state index contributed by atoms with van der Waals surface area (Å²) in [7, 11) is 0. The molecule has 1 aliphatic carbocycles. The summed E-state index contributed by atoms with van der Waals surface area (Å²) in [6.07, 6.45) is 7.16. The standard InChI is InChI=1S/C13H25N/c1-11-8-12(2)10-13(3,9-11)14-6-4-5-7-14/h11-12H,4-10H2,1-3H3/t11-,12?,13?/m1/s1. The molecule has 0 aromatic heterocycles. The molecule has 82 valence electrons. The van der Waals surface area contributed by atoms with Crippen molar-refractivity contribution in [1.29, 1.82) is 0 Å². The quantitative estimate of drug-likeness (QED) is 0.620. The number of likely N-dealkylation sites (tertiary alicyclic amines) is 1. The van der Waals surface area contributed by atoms with Crippen molar-refractivity contribution in [3.63, 3.8) is 0 Å². The van der Waals surface area contributed by atoms with Crippen LogP contribution in [-0.2, 0) is 0 Å². The normalized spacial score (nSPS) is 45.6. The second-order valence-corrected chi connectivity index (χ2v) is 6.05. The van der Waals surface area contributed by atoms with Gasteiger partial charge in [0.05, 0.1) is 0 Å². The van der Waals surface area contributed by atoms with Gasteiger partial charge in [-0.2, -0.15) is 0 Å². The summed E-state index contributed by atoms with van der Waals surface area (Å²) >= 11 is 0. The average molecular weight is 195 g/mol. The first-order valence-corrected chi connectivity index (χ1v) is 6.35. The Morgan fingerprint density at radius 3 is 2.00 bits per heavy atom. The van der Waals surface area contributed by atoms with Gasteiger partial charge in [-0.25, -0.2) is 0 Å². The summed E-state index contributed by atoms with van der Waals surface area (Å²) in [5.74, 6) is 1.87. The highest BCUT2D eigenvalue weighted by molar-refractivity contribution is 4.94. The molecule has 1 aliphatic heterocycles. The lowest BCUT2D eigenvalue weighted by molar-refractivity contribution is 0.0457. The molecular weight excluding hydrogens is 170 g/mol. The van der Waals surface area contributed by atoms with E-state index in [1.165, 1.54) is 45.2 Å². The van der Waals surface area contributed by atoms with Crippen molar-refractivity contribution in [1.82, 2.24) is 4.90 Å². The molecule has 1 nitrogen and oxygen atoms in total. The van der Waals surface area contributed by atoms with E-state index in [2.05, 4.69) is 25.7 Å². The van der Waals surface area contributed by atoms with Crippen molar-refractivity contribution >= 4 is 0 Å². The highest BCUT2D eigenvalue weighted by Gasteiger charge is 2.39. The van der Waals surface area contributed by atoms with Gasteiger partial charge in [0.1, 0.15) is 0 Å². The molecule has 3 atom stereocenters. The number of hydrogen-bond acceptors (Lipinski definition) is 1. The Labute approximate surface area is 88.9 Å². The third-order valence-electron chi connectivity index (χ3n) is 4.25. The number of rotatable bonds is 1. The third-order valence-corrected chi connectivity index (χ3v) is 4.25. The Kier molecular flexibility index (Phi) is 2.88. The molecule has 2 unspecified atom stereocenters. The highest BCUT2D eigenvalue weighted by Crippen LogP contribution is 2.40. The molecule has 0 spiro atoms. The molecule has 14 heavy (non-hydrogen) atoms. The molecule has 1 heterocycles. The van der Waals surface area contributed by atoms with Crippen LogP contribution in [-0.4, -0.2) is 23.5 Å². The zero-order valence-corrected chi connectivity index (χ0v) is 10.1. The topological polar surface area (TPSA) is 3.24 Å². The lowest BCUT2D eigenvalue weighted by atomic mass is 9.72. The minimum absolute atomic E-state index is 0.535. The van der Waals surface area contributed by atoms with E-state index in [4.69, 9.17) is 0 Å². The van der Waals surface area contributed by atoms with E-state index in [-0.39, 0.29) is 0 Å². The summed E-state index contributed by atoms with van der Waals surface area (Å²) in [5, 5.41) is 0. The smallest absolute Gasteiger partial charge is 0.0186 e. The van der Waals surface area contributed by atoms with Crippen LogP contribution in [0.5, 0.6) is 0 Å². The summed E-state index contributed by atoms with van der Waals surface area (Å²) in [4.78, 5) is 2.76. The fourth-order valence-electron chi connectivity index (χ4n) is 3.95. The first-order chi connectivity index (χ1) is 6.60. The average Bonchev–Trinajstić information content (AvgIpc) is 2.52. The van der Waals surface area contributed by atoms with Gasteiger partial charge in [-0.05, 0) is 64.0 Å². The van der Waals surface area contributed by atoms with Crippen molar-refractivity contribution in [2.45, 2.75) is 58.4 Å². The van der Waals surface area contributed by atoms with Crippen LogP contribution < -0.4 is 0 Å². The zero-order valence-electron chi connectivity index (χ0n) is 10.1. The molecule has 2 rings (SSSR count). The first-order valence-electron chi connectivity index (χ1n) is 6.35. The van der Waals surface area contributed by atoms with Crippen LogP contribution in [0.3, 0.4) is 0 Å². The molecule has 1 heteroatoms. The van der Waals surface area contributed by atoms with Crippen LogP contribution in [0.15, 0.2) is 0 Å². The Balaban J connectivity index is 2.05. The van der Waals surface area contributed by atoms with Crippen LogP contribution in [0.1, 0.15) is 52.9 Å². The van der Waals surface area contributed by atoms with E-state index < -0.39 is 0 Å². The second-order valence-electron chi connectivity index (χ2n) is 6.05. The number of hydrogen-bond donors (Lipinski definition) is 0. The maximum absolute atomic E-state index is 2.76. The monoisotopic (exact) mass is 195 g/mol. The van der Waals surface area contributed by atoms with Crippen LogP contribution >= 0.6 is 0 Å². The van der Waals surface area contributed by atoms with Crippen LogP contribution in [0.4, 0.5) is 0 Å². The largest absolute Gasteiger partial charge is 0.298 e. The van der Waals surface area contributed by atoms with Crippen molar-refractivity contribution in [2.75, 3.05) is 13.1 Å². The second kappa shape index (κ2) is 3.84. The predicted octanol–water partition coefficient (Wildman–Crippen LogP) is 3.30. The molecular formula is C13H25N. The van der Waals surface area contributed by atoms with Gasteiger partial charge >= 0.3 is 0 Å². The predicted molar refractivity (Wildman–Crippen MR) is 61.4 cm³/mol. The maximum atomic E-state index is 2.76. The van der Waals surface area contributed by atoms with Gasteiger partial charge in [0.25, 0.3) is 0 Å². The summed E-state index contributed by atoms with van der Waals surface area (Å²) < 4.78 is 0. The van der Waals surface area contributed by atoms with E-state index in [0.29, 0.717) is 5.54 Å². The van der Waals surface area contributed by atoms with Gasteiger partial charge in [0.15, 0.2) is 0 Å². The molecule has 0 aromatic carbocycles. The van der Waals surface area contributed by atoms with Crippen molar-refractivity contribution in [2.24, 2.45) is 11.8 Å². The van der Waals surface area contributed by atoms with Gasteiger partial charge in [-0.15, -0.1) is 0 Å². The molecule has 2 fully saturated rings. The Morgan fingerprint density at radius 1 is 1.00 bits per heavy atom. The summed E-state index contributed by atoms with van der Waals surface area (Å²) in [5.41, 5.74) is 0.535. The molecule has 0 N–H and O–H groups in total. The van der Waals surface area contributed by atoms with E-state index in [1.807, 2.05) is 0 Å². The number of nitrogens with zero attached hydrogens (tertiary/aromatic N) is 1. The third kappa shape index (κ3) is 1.98. The van der Waals surface area contributed by atoms with Gasteiger partial charge < -0.3 is 0 Å². The van der Waals surface area contributed by atoms with E-state index in [0.717, 1.165) is 11.8 Å². The van der Waals surface area contributed by atoms with E-state index >= 15 is 0 Å². The molecule has 0 bridgehead atoms. The molecule has 1 saturated carbocycles. The van der Waals surface area contributed by atoms with Gasteiger partial charge in [0.2, 0.25) is 0 Å². The fourth-order valence-corrected chi connectivity index (χ4v) is 3.95. The molecule has 1 saturated heterocycles. The lowest BCUT2D eigenvalue weighted by Crippen LogP contribution is -2.49. The van der Waals surface area contributed by atoms with E-state index in [1.54, 1.807) is 0 Å². The van der Waals surface area contributed by atoms with Gasteiger partial charge in [-0.1, -0.05) is 13.8 Å². The van der Waals surface area contributed by atoms with Gasteiger partial charge in [-0.3, -0.25) is 4.90 Å². The van der Waals surface area contributed by atoms with E-state index in [9.17, 15) is 0 Å². The van der Waals surface area contributed by atoms with Crippen molar-refractivity contribution in [3.05, 3.63) is 0 Å². The Hall–Kier alpha value is -0.0400. The lowest BCUT2D eigenvalue weighted by Gasteiger charge is -2.46. The Bertz CT molecular complexity index is 183. The van der Waals surface area contributed by atoms with Gasteiger partial charge in [0, 0.05) is 5.54 Å².